The number of carboxylic acids is 1. The van der Waals surface area contributed by atoms with Gasteiger partial charge in [-0.05, 0) is 17.5 Å². The van der Waals surface area contributed by atoms with Gasteiger partial charge in [0.1, 0.15) is 0 Å². The summed E-state index contributed by atoms with van der Waals surface area (Å²) in [4.78, 5) is 25.0. The second kappa shape index (κ2) is 5.40. The number of nitrogens with zero attached hydrogens (tertiary/aromatic N) is 1. The molecule has 1 heterocycles. The molecular formula is C14H18N2O3. The van der Waals surface area contributed by atoms with Crippen molar-refractivity contribution in [1.82, 2.24) is 4.90 Å². The Labute approximate surface area is 112 Å². The van der Waals surface area contributed by atoms with Crippen molar-refractivity contribution in [1.29, 1.82) is 0 Å². The highest BCUT2D eigenvalue weighted by atomic mass is 16.4. The zero-order chi connectivity index (χ0) is 14.0. The summed E-state index contributed by atoms with van der Waals surface area (Å²) in [7, 11) is 0. The molecule has 0 saturated carbocycles. The molecular weight excluding hydrogens is 244 g/mol. The van der Waals surface area contributed by atoms with Gasteiger partial charge in [-0.2, -0.15) is 0 Å². The Morgan fingerprint density at radius 1 is 1.47 bits per heavy atom. The van der Waals surface area contributed by atoms with Gasteiger partial charge >= 0.3 is 5.97 Å². The van der Waals surface area contributed by atoms with Crippen LogP contribution in [0.2, 0.25) is 0 Å². The van der Waals surface area contributed by atoms with Crippen molar-refractivity contribution in [3.05, 3.63) is 35.4 Å². The Morgan fingerprint density at radius 3 is 2.79 bits per heavy atom. The van der Waals surface area contributed by atoms with Crippen molar-refractivity contribution >= 4 is 11.9 Å². The van der Waals surface area contributed by atoms with Crippen LogP contribution in [0.25, 0.3) is 0 Å². The lowest BCUT2D eigenvalue weighted by Gasteiger charge is -2.34. The molecule has 5 heteroatoms. The van der Waals surface area contributed by atoms with Crippen LogP contribution in [0, 0.1) is 0 Å². The maximum atomic E-state index is 12.1. The Kier molecular flexibility index (Phi) is 3.85. The number of carbonyl (C=O) groups is 2. The lowest BCUT2D eigenvalue weighted by Crippen LogP contribution is -2.47. The van der Waals surface area contributed by atoms with Crippen molar-refractivity contribution in [2.75, 3.05) is 6.54 Å². The molecule has 0 aliphatic carbocycles. The maximum absolute atomic E-state index is 12.1. The van der Waals surface area contributed by atoms with Crippen molar-refractivity contribution < 1.29 is 14.7 Å². The number of rotatable bonds is 3. The third-order valence-electron chi connectivity index (χ3n) is 3.56. The normalized spacial score (nSPS) is 19.7. The summed E-state index contributed by atoms with van der Waals surface area (Å²) in [6.45, 7) is 2.47. The topological polar surface area (TPSA) is 83.6 Å². The van der Waals surface area contributed by atoms with E-state index in [9.17, 15) is 14.7 Å². The van der Waals surface area contributed by atoms with Gasteiger partial charge in [0.05, 0.1) is 12.0 Å². The summed E-state index contributed by atoms with van der Waals surface area (Å²) in [6.07, 6.45) is 0.550. The number of hydrogen-bond acceptors (Lipinski definition) is 3. The molecule has 3 N–H and O–H groups in total. The van der Waals surface area contributed by atoms with Crippen molar-refractivity contribution in [3.63, 3.8) is 0 Å². The summed E-state index contributed by atoms with van der Waals surface area (Å²) in [5.41, 5.74) is 7.43. The van der Waals surface area contributed by atoms with Gasteiger partial charge < -0.3 is 15.7 Å². The van der Waals surface area contributed by atoms with E-state index in [4.69, 9.17) is 5.73 Å². The van der Waals surface area contributed by atoms with Crippen molar-refractivity contribution in [2.24, 2.45) is 5.73 Å². The van der Waals surface area contributed by atoms with E-state index in [1.165, 1.54) is 0 Å². The van der Waals surface area contributed by atoms with Gasteiger partial charge in [-0.15, -0.1) is 0 Å². The molecule has 0 spiro atoms. The standard InChI is InChI=1S/C14H18N2O3/c1-2-12(15)13(17)16-7-9-5-3-4-6-10(9)11(8-16)14(18)19/h3-6,11-12H,2,7-8,15H2,1H3,(H,18,19). The van der Waals surface area contributed by atoms with Gasteiger partial charge in [-0.1, -0.05) is 31.2 Å². The van der Waals surface area contributed by atoms with E-state index >= 15 is 0 Å². The highest BCUT2D eigenvalue weighted by Gasteiger charge is 2.33. The predicted octanol–water partition coefficient (Wildman–Crippen LogP) is 0.934. The summed E-state index contributed by atoms with van der Waals surface area (Å²) < 4.78 is 0. The number of fused-ring (bicyclic) bond motifs is 1. The molecule has 2 atom stereocenters. The van der Waals surface area contributed by atoms with E-state index in [0.717, 1.165) is 11.1 Å². The molecule has 19 heavy (non-hydrogen) atoms. The number of aliphatic carboxylic acids is 1. The van der Waals surface area contributed by atoms with Gasteiger partial charge in [0.2, 0.25) is 5.91 Å². The Balaban J connectivity index is 2.30. The molecule has 1 aromatic carbocycles. The van der Waals surface area contributed by atoms with E-state index in [1.54, 1.807) is 4.90 Å². The summed E-state index contributed by atoms with van der Waals surface area (Å²) in [6, 6.07) is 6.80. The molecule has 1 aliphatic heterocycles. The number of hydrogen-bond donors (Lipinski definition) is 2. The van der Waals surface area contributed by atoms with Crippen molar-refractivity contribution in [2.45, 2.75) is 31.8 Å². The van der Waals surface area contributed by atoms with Gasteiger partial charge in [0.15, 0.2) is 0 Å². The maximum Gasteiger partial charge on any atom is 0.312 e. The van der Waals surface area contributed by atoms with Gasteiger partial charge in [0, 0.05) is 13.1 Å². The molecule has 0 fully saturated rings. The van der Waals surface area contributed by atoms with Crippen LogP contribution in [0.5, 0.6) is 0 Å². The minimum Gasteiger partial charge on any atom is -0.481 e. The van der Waals surface area contributed by atoms with Gasteiger partial charge in [-0.25, -0.2) is 0 Å². The Bertz CT molecular complexity index is 501. The first-order chi connectivity index (χ1) is 9.04. The van der Waals surface area contributed by atoms with Crippen LogP contribution in [-0.2, 0) is 16.1 Å². The first-order valence-corrected chi connectivity index (χ1v) is 6.39. The smallest absolute Gasteiger partial charge is 0.312 e. The zero-order valence-corrected chi connectivity index (χ0v) is 10.9. The molecule has 1 amide bonds. The van der Waals surface area contributed by atoms with Crippen molar-refractivity contribution in [3.8, 4) is 0 Å². The molecule has 2 unspecified atom stereocenters. The van der Waals surface area contributed by atoms with E-state index in [1.807, 2.05) is 31.2 Å². The minimum atomic E-state index is -0.907. The van der Waals surface area contributed by atoms with Crippen LogP contribution >= 0.6 is 0 Å². The quantitative estimate of drug-likeness (QED) is 0.849. The molecule has 1 aromatic rings. The lowest BCUT2D eigenvalue weighted by molar-refractivity contribution is -0.141. The second-order valence-electron chi connectivity index (χ2n) is 4.82. The summed E-state index contributed by atoms with van der Waals surface area (Å²) in [5, 5.41) is 9.31. The number of nitrogens with two attached hydrogens (primary N) is 1. The van der Waals surface area contributed by atoms with E-state index < -0.39 is 17.9 Å². The molecule has 102 valence electrons. The fraction of sp³-hybridized carbons (Fsp3) is 0.429. The number of benzene rings is 1. The van der Waals surface area contributed by atoms with E-state index in [2.05, 4.69) is 0 Å². The monoisotopic (exact) mass is 262 g/mol. The Morgan fingerprint density at radius 2 is 2.16 bits per heavy atom. The molecule has 1 aliphatic rings. The number of carboxylic acid groups (broad SMARTS) is 1. The number of amides is 1. The fourth-order valence-electron chi connectivity index (χ4n) is 2.40. The zero-order valence-electron chi connectivity index (χ0n) is 10.9. The average molecular weight is 262 g/mol. The van der Waals surface area contributed by atoms with Gasteiger partial charge in [0.25, 0.3) is 0 Å². The third-order valence-corrected chi connectivity index (χ3v) is 3.56. The highest BCUT2D eigenvalue weighted by molar-refractivity contribution is 5.84. The predicted molar refractivity (Wildman–Crippen MR) is 70.5 cm³/mol. The SMILES string of the molecule is CCC(N)C(=O)N1Cc2ccccc2C(C(=O)O)C1. The first kappa shape index (κ1) is 13.5. The van der Waals surface area contributed by atoms with Crippen LogP contribution in [-0.4, -0.2) is 34.5 Å². The third kappa shape index (κ3) is 2.61. The van der Waals surface area contributed by atoms with E-state index in [0.29, 0.717) is 13.0 Å². The largest absolute Gasteiger partial charge is 0.481 e. The van der Waals surface area contributed by atoms with Crippen LogP contribution < -0.4 is 5.73 Å². The molecule has 0 aromatic heterocycles. The van der Waals surface area contributed by atoms with Crippen LogP contribution in [0.4, 0.5) is 0 Å². The van der Waals surface area contributed by atoms with Crippen LogP contribution in [0.3, 0.4) is 0 Å². The highest BCUT2D eigenvalue weighted by Crippen LogP contribution is 2.28. The van der Waals surface area contributed by atoms with Crippen LogP contribution in [0.15, 0.2) is 24.3 Å². The first-order valence-electron chi connectivity index (χ1n) is 6.39. The van der Waals surface area contributed by atoms with E-state index in [-0.39, 0.29) is 12.5 Å². The lowest BCUT2D eigenvalue weighted by atomic mass is 9.89. The minimum absolute atomic E-state index is 0.178. The molecule has 2 rings (SSSR count). The molecule has 5 nitrogen and oxygen atoms in total. The van der Waals surface area contributed by atoms with Crippen LogP contribution in [0.1, 0.15) is 30.4 Å². The second-order valence-corrected chi connectivity index (χ2v) is 4.82. The number of carbonyl (C=O) groups excluding carboxylic acids is 1. The molecule has 0 radical (unpaired) electrons. The average Bonchev–Trinajstić information content (AvgIpc) is 2.44. The van der Waals surface area contributed by atoms with Gasteiger partial charge in [-0.3, -0.25) is 9.59 Å². The fourth-order valence-corrected chi connectivity index (χ4v) is 2.40. The Hall–Kier alpha value is -1.88. The molecule has 0 saturated heterocycles. The summed E-state index contributed by atoms with van der Waals surface area (Å²) in [5.74, 6) is -1.75. The molecule has 0 bridgehead atoms. The summed E-state index contributed by atoms with van der Waals surface area (Å²) >= 11 is 0.